The van der Waals surface area contributed by atoms with Gasteiger partial charge in [-0.05, 0) is 31.4 Å². The van der Waals surface area contributed by atoms with E-state index in [1.807, 2.05) is 39.0 Å². The van der Waals surface area contributed by atoms with Crippen LogP contribution in [0.3, 0.4) is 0 Å². The van der Waals surface area contributed by atoms with Crippen LogP contribution in [0.15, 0.2) is 24.3 Å². The van der Waals surface area contributed by atoms with Crippen LogP contribution < -0.4 is 5.32 Å². The highest BCUT2D eigenvalue weighted by atomic mass is 35.5. The van der Waals surface area contributed by atoms with E-state index in [2.05, 4.69) is 10.4 Å². The lowest BCUT2D eigenvalue weighted by Crippen LogP contribution is -2.38. The molecule has 1 atom stereocenters. The van der Waals surface area contributed by atoms with Gasteiger partial charge in [-0.15, -0.1) is 0 Å². The van der Waals surface area contributed by atoms with Gasteiger partial charge in [0.05, 0.1) is 12.2 Å². The fourth-order valence-electron chi connectivity index (χ4n) is 2.34. The molecule has 1 aromatic carbocycles. The first-order valence-corrected chi connectivity index (χ1v) is 9.39. The molecule has 2 aromatic rings. The van der Waals surface area contributed by atoms with Gasteiger partial charge in [0.15, 0.2) is 6.61 Å². The Labute approximate surface area is 168 Å². The van der Waals surface area contributed by atoms with E-state index in [4.69, 9.17) is 27.9 Å². The maximum Gasteiger partial charge on any atom is 0.343 e. The molecule has 1 amide bonds. The van der Waals surface area contributed by atoms with Crippen LogP contribution in [0.2, 0.25) is 10.2 Å². The summed E-state index contributed by atoms with van der Waals surface area (Å²) < 4.78 is 6.59. The first-order chi connectivity index (χ1) is 12.7. The van der Waals surface area contributed by atoms with Crippen LogP contribution in [-0.4, -0.2) is 34.3 Å². The van der Waals surface area contributed by atoms with Gasteiger partial charge in [0.2, 0.25) is 0 Å². The van der Waals surface area contributed by atoms with Crippen molar-refractivity contribution in [2.24, 2.45) is 5.92 Å². The molecule has 1 heterocycles. The monoisotopic (exact) mass is 411 g/mol. The Morgan fingerprint density at radius 2 is 1.89 bits per heavy atom. The quantitative estimate of drug-likeness (QED) is 0.701. The van der Waals surface area contributed by atoms with Crippen LogP contribution in [-0.2, 0) is 16.1 Å². The second kappa shape index (κ2) is 9.24. The van der Waals surface area contributed by atoms with Crippen molar-refractivity contribution in [3.8, 4) is 0 Å². The molecule has 0 fully saturated rings. The average molecular weight is 412 g/mol. The number of aromatic nitrogens is 2. The molecule has 8 heteroatoms. The lowest BCUT2D eigenvalue weighted by atomic mass is 10.1. The van der Waals surface area contributed by atoms with Gasteiger partial charge in [0.25, 0.3) is 5.91 Å². The highest BCUT2D eigenvalue weighted by molar-refractivity contribution is 6.33. The molecule has 1 N–H and O–H groups in total. The van der Waals surface area contributed by atoms with Crippen molar-refractivity contribution >= 4 is 35.1 Å². The summed E-state index contributed by atoms with van der Waals surface area (Å²) in [6.45, 7) is 7.48. The summed E-state index contributed by atoms with van der Waals surface area (Å²) in [5, 5.41) is 7.80. The van der Waals surface area contributed by atoms with Crippen LogP contribution in [0.25, 0.3) is 0 Å². The normalized spacial score (nSPS) is 12.1. The van der Waals surface area contributed by atoms with Gasteiger partial charge in [-0.1, -0.05) is 55.2 Å². The van der Waals surface area contributed by atoms with Gasteiger partial charge in [0.1, 0.15) is 10.7 Å². The molecule has 0 unspecified atom stereocenters. The molecule has 27 heavy (non-hydrogen) atoms. The van der Waals surface area contributed by atoms with Crippen LogP contribution in [0.1, 0.15) is 42.4 Å². The van der Waals surface area contributed by atoms with E-state index in [9.17, 15) is 9.59 Å². The summed E-state index contributed by atoms with van der Waals surface area (Å²) in [4.78, 5) is 24.3. The second-order valence-electron chi connectivity index (χ2n) is 6.68. The van der Waals surface area contributed by atoms with Gasteiger partial charge in [-0.3, -0.25) is 4.79 Å². The zero-order chi connectivity index (χ0) is 20.1. The highest BCUT2D eigenvalue weighted by Gasteiger charge is 2.23. The number of nitrogens with zero attached hydrogens (tertiary/aromatic N) is 2. The number of carbonyl (C=O) groups is 2. The number of rotatable bonds is 7. The smallest absolute Gasteiger partial charge is 0.343 e. The summed E-state index contributed by atoms with van der Waals surface area (Å²) >= 11 is 12.5. The molecule has 0 aliphatic heterocycles. The first kappa shape index (κ1) is 21.3. The minimum Gasteiger partial charge on any atom is -0.452 e. The molecule has 0 saturated heterocycles. The van der Waals surface area contributed by atoms with Crippen LogP contribution >= 0.6 is 23.2 Å². The van der Waals surface area contributed by atoms with Gasteiger partial charge in [0, 0.05) is 11.1 Å². The Kier molecular flexibility index (Phi) is 7.27. The van der Waals surface area contributed by atoms with Crippen molar-refractivity contribution in [3.05, 3.63) is 51.3 Å². The van der Waals surface area contributed by atoms with Crippen molar-refractivity contribution in [3.63, 3.8) is 0 Å². The number of halogens is 2. The van der Waals surface area contributed by atoms with Gasteiger partial charge in [-0.2, -0.15) is 5.10 Å². The van der Waals surface area contributed by atoms with Gasteiger partial charge < -0.3 is 10.1 Å². The van der Waals surface area contributed by atoms with Gasteiger partial charge in [-0.25, -0.2) is 9.48 Å². The number of hydrogen-bond acceptors (Lipinski definition) is 4. The van der Waals surface area contributed by atoms with Gasteiger partial charge >= 0.3 is 5.97 Å². The topological polar surface area (TPSA) is 73.2 Å². The second-order valence-corrected chi connectivity index (χ2v) is 7.44. The largest absolute Gasteiger partial charge is 0.452 e. The first-order valence-electron chi connectivity index (χ1n) is 8.63. The molecule has 6 nitrogen and oxygen atoms in total. The van der Waals surface area contributed by atoms with E-state index in [0.717, 1.165) is 5.56 Å². The standard InChI is InChI=1S/C19H23Cl2N3O3/c1-11(2)12(3)22-16(25)10-27-19(26)17-13(4)23-24(18(17)21)9-14-7-5-6-8-15(14)20/h5-8,11-12H,9-10H2,1-4H3,(H,22,25)/t12-/m1/s1. The Balaban J connectivity index is 2.06. The lowest BCUT2D eigenvalue weighted by molar-refractivity contribution is -0.125. The molecule has 2 rings (SSSR count). The minimum atomic E-state index is -0.685. The Hall–Kier alpha value is -2.05. The number of carbonyl (C=O) groups excluding carboxylic acids is 2. The van der Waals surface area contributed by atoms with E-state index in [0.29, 0.717) is 17.3 Å². The number of amides is 1. The third-order valence-electron chi connectivity index (χ3n) is 4.27. The average Bonchev–Trinajstić information content (AvgIpc) is 2.88. The molecular formula is C19H23Cl2N3O3. The van der Waals surface area contributed by atoms with E-state index < -0.39 is 5.97 Å². The minimum absolute atomic E-state index is 0.0140. The highest BCUT2D eigenvalue weighted by Crippen LogP contribution is 2.24. The molecule has 1 aromatic heterocycles. The van der Waals surface area contributed by atoms with E-state index >= 15 is 0 Å². The summed E-state index contributed by atoms with van der Waals surface area (Å²) in [5.74, 6) is -0.763. The number of ether oxygens (including phenoxy) is 1. The number of aryl methyl sites for hydroxylation is 1. The van der Waals surface area contributed by atoms with Crippen molar-refractivity contribution in [2.45, 2.75) is 40.3 Å². The zero-order valence-corrected chi connectivity index (χ0v) is 17.3. The third-order valence-corrected chi connectivity index (χ3v) is 5.02. The Bertz CT molecular complexity index is 834. The molecule has 0 bridgehead atoms. The van der Waals surface area contributed by atoms with Crippen LogP contribution in [0.5, 0.6) is 0 Å². The predicted molar refractivity (Wildman–Crippen MR) is 105 cm³/mol. The SMILES string of the molecule is Cc1nn(Cc2ccccc2Cl)c(Cl)c1C(=O)OCC(=O)N[C@H](C)C(C)C. The molecule has 0 aliphatic rings. The maximum atomic E-state index is 12.4. The fourth-order valence-corrected chi connectivity index (χ4v) is 2.85. The zero-order valence-electron chi connectivity index (χ0n) is 15.8. The van der Waals surface area contributed by atoms with E-state index in [-0.39, 0.29) is 35.2 Å². The summed E-state index contributed by atoms with van der Waals surface area (Å²) in [5.41, 5.74) is 1.40. The van der Waals surface area contributed by atoms with Crippen molar-refractivity contribution in [2.75, 3.05) is 6.61 Å². The molecule has 146 valence electrons. The number of benzene rings is 1. The van der Waals surface area contributed by atoms with Crippen LogP contribution in [0, 0.1) is 12.8 Å². The molecule has 0 aliphatic carbocycles. The van der Waals surface area contributed by atoms with E-state index in [1.165, 1.54) is 4.68 Å². The fraction of sp³-hybridized carbons (Fsp3) is 0.421. The molecular weight excluding hydrogens is 389 g/mol. The molecule has 0 spiro atoms. The van der Waals surface area contributed by atoms with Crippen molar-refractivity contribution in [1.29, 1.82) is 0 Å². The third kappa shape index (κ3) is 5.47. The molecule has 0 saturated carbocycles. The lowest BCUT2D eigenvalue weighted by Gasteiger charge is -2.17. The van der Waals surface area contributed by atoms with Crippen molar-refractivity contribution < 1.29 is 14.3 Å². The predicted octanol–water partition coefficient (Wildman–Crippen LogP) is 3.86. The Morgan fingerprint density at radius 3 is 2.52 bits per heavy atom. The number of hydrogen-bond donors (Lipinski definition) is 1. The van der Waals surface area contributed by atoms with Crippen molar-refractivity contribution in [1.82, 2.24) is 15.1 Å². The van der Waals surface area contributed by atoms with Crippen LogP contribution in [0.4, 0.5) is 0 Å². The molecule has 0 radical (unpaired) electrons. The number of nitrogens with one attached hydrogen (secondary N) is 1. The summed E-state index contributed by atoms with van der Waals surface area (Å²) in [7, 11) is 0. The Morgan fingerprint density at radius 1 is 1.22 bits per heavy atom. The van der Waals surface area contributed by atoms with E-state index in [1.54, 1.807) is 13.0 Å². The summed E-state index contributed by atoms with van der Waals surface area (Å²) in [6.07, 6.45) is 0. The maximum absolute atomic E-state index is 12.4. The summed E-state index contributed by atoms with van der Waals surface area (Å²) in [6, 6.07) is 7.30. The number of esters is 1.